The molecule has 0 radical (unpaired) electrons. The second kappa shape index (κ2) is 9.88. The first-order chi connectivity index (χ1) is 15.1. The second-order valence-corrected chi connectivity index (χ2v) is 11.0. The number of aromatic carboxylic acids is 1. The molecule has 4 N–H and O–H groups in total. The molecule has 1 fully saturated rings. The van der Waals surface area contributed by atoms with Crippen molar-refractivity contribution in [1.82, 2.24) is 5.32 Å². The van der Waals surface area contributed by atoms with Crippen LogP contribution < -0.4 is 15.4 Å². The quantitative estimate of drug-likeness (QED) is 0.424. The number of carboxylic acid groups (broad SMARTS) is 2. The molecule has 9 nitrogen and oxygen atoms in total. The number of benzene rings is 1. The molecule has 1 saturated heterocycles. The van der Waals surface area contributed by atoms with Gasteiger partial charge in [0, 0.05) is 22.4 Å². The van der Waals surface area contributed by atoms with E-state index in [0.717, 1.165) is 37.3 Å². The average molecular weight is 483 g/mol. The zero-order valence-corrected chi connectivity index (χ0v) is 19.4. The summed E-state index contributed by atoms with van der Waals surface area (Å²) in [4.78, 5) is 23.1. The molecule has 0 aliphatic carbocycles. The van der Waals surface area contributed by atoms with E-state index in [0.29, 0.717) is 21.7 Å². The molecule has 174 valence electrons. The first kappa shape index (κ1) is 24.0. The highest BCUT2D eigenvalue weighted by Crippen LogP contribution is 2.42. The van der Waals surface area contributed by atoms with Crippen molar-refractivity contribution < 1.29 is 33.0 Å². The van der Waals surface area contributed by atoms with Crippen LogP contribution in [0.2, 0.25) is 0 Å². The predicted octanol–water partition coefficient (Wildman–Crippen LogP) is 2.67. The Labute approximate surface area is 190 Å². The Morgan fingerprint density at radius 1 is 1.28 bits per heavy atom. The molecule has 0 spiro atoms. The number of rotatable bonds is 9. The molecule has 0 amide bonds. The molecule has 1 aromatic carbocycles. The summed E-state index contributed by atoms with van der Waals surface area (Å²) in [6.45, 7) is 2.56. The zero-order chi connectivity index (χ0) is 23.5. The minimum atomic E-state index is -3.37. The van der Waals surface area contributed by atoms with Gasteiger partial charge in [-0.3, -0.25) is 0 Å². The molecule has 1 aliphatic rings. The lowest BCUT2D eigenvalue weighted by Crippen LogP contribution is -2.42. The summed E-state index contributed by atoms with van der Waals surface area (Å²) in [5.74, 6) is -2.40. The summed E-state index contributed by atoms with van der Waals surface area (Å²) in [7, 11) is -3.37. The van der Waals surface area contributed by atoms with Crippen LogP contribution in [0.3, 0.4) is 0 Å². The summed E-state index contributed by atoms with van der Waals surface area (Å²) in [5, 5.41) is 24.1. The molecule has 2 aromatic rings. The minimum Gasteiger partial charge on any atom is -0.480 e. The van der Waals surface area contributed by atoms with Crippen molar-refractivity contribution in [2.75, 3.05) is 31.3 Å². The molecule has 0 bridgehead atoms. The summed E-state index contributed by atoms with van der Waals surface area (Å²) in [6.07, 6.45) is 2.73. The lowest BCUT2D eigenvalue weighted by atomic mass is 9.97. The Balaban J connectivity index is 1.94. The fourth-order valence-electron chi connectivity index (χ4n) is 3.86. The third kappa shape index (κ3) is 5.59. The SMILES string of the molecule is Cc1c(-c2cccc(NC(C3CCNCC3)S(C)(=O)=O)c2)sc(C(=O)O)c1OCC(=O)O. The first-order valence-corrected chi connectivity index (χ1v) is 12.8. The van der Waals surface area contributed by atoms with E-state index in [4.69, 9.17) is 9.84 Å². The number of piperidine rings is 1. The monoisotopic (exact) mass is 482 g/mol. The van der Waals surface area contributed by atoms with Gasteiger partial charge in [0.25, 0.3) is 0 Å². The van der Waals surface area contributed by atoms with E-state index in [2.05, 4.69) is 10.6 Å². The standard InChI is InChI=1S/C21H26N2O7S2/c1-12-17(30-11-16(24)25)19(21(26)27)31-18(12)14-4-3-5-15(10-14)23-20(32(2,28)29)13-6-8-22-9-7-13/h3-5,10,13,20,22-23H,6-9,11H2,1-2H3,(H,24,25)(H,26,27). The Morgan fingerprint density at radius 2 is 1.97 bits per heavy atom. The lowest BCUT2D eigenvalue weighted by molar-refractivity contribution is -0.139. The molecule has 1 atom stereocenters. The Bertz CT molecular complexity index is 1110. The Morgan fingerprint density at radius 3 is 2.56 bits per heavy atom. The van der Waals surface area contributed by atoms with Gasteiger partial charge in [0.15, 0.2) is 21.3 Å². The molecule has 1 aliphatic heterocycles. The van der Waals surface area contributed by atoms with Crippen LogP contribution in [0.5, 0.6) is 5.75 Å². The number of ether oxygens (including phenoxy) is 1. The van der Waals surface area contributed by atoms with E-state index in [1.165, 1.54) is 6.26 Å². The molecule has 2 heterocycles. The topological polar surface area (TPSA) is 142 Å². The number of nitrogens with one attached hydrogen (secondary N) is 2. The van der Waals surface area contributed by atoms with Crippen molar-refractivity contribution in [1.29, 1.82) is 0 Å². The van der Waals surface area contributed by atoms with Gasteiger partial charge in [0.1, 0.15) is 11.1 Å². The van der Waals surface area contributed by atoms with Crippen molar-refractivity contribution in [3.63, 3.8) is 0 Å². The van der Waals surface area contributed by atoms with Gasteiger partial charge in [-0.1, -0.05) is 12.1 Å². The summed E-state index contributed by atoms with van der Waals surface area (Å²) >= 11 is 0.988. The van der Waals surface area contributed by atoms with E-state index in [1.54, 1.807) is 31.2 Å². The summed E-state index contributed by atoms with van der Waals surface area (Å²) in [5.41, 5.74) is 1.81. The number of aliphatic carboxylic acids is 1. The van der Waals surface area contributed by atoms with Crippen LogP contribution in [0.15, 0.2) is 24.3 Å². The number of sulfone groups is 1. The molecular weight excluding hydrogens is 456 g/mol. The van der Waals surface area contributed by atoms with Crippen molar-refractivity contribution >= 4 is 38.8 Å². The van der Waals surface area contributed by atoms with Crippen molar-refractivity contribution in [2.45, 2.75) is 25.1 Å². The smallest absolute Gasteiger partial charge is 0.349 e. The molecule has 3 rings (SSSR count). The molecule has 32 heavy (non-hydrogen) atoms. The van der Waals surface area contributed by atoms with Gasteiger partial charge in [-0.2, -0.15) is 0 Å². The maximum atomic E-state index is 12.5. The van der Waals surface area contributed by atoms with E-state index in [-0.39, 0.29) is 16.5 Å². The second-order valence-electron chi connectivity index (χ2n) is 7.76. The molecule has 0 saturated carbocycles. The van der Waals surface area contributed by atoms with Crippen LogP contribution in [-0.2, 0) is 14.6 Å². The van der Waals surface area contributed by atoms with E-state index in [1.807, 2.05) is 0 Å². The maximum absolute atomic E-state index is 12.5. The third-order valence-electron chi connectivity index (χ3n) is 5.33. The van der Waals surface area contributed by atoms with Crippen molar-refractivity contribution in [3.8, 4) is 16.2 Å². The lowest BCUT2D eigenvalue weighted by Gasteiger charge is -2.30. The van der Waals surface area contributed by atoms with Crippen LogP contribution in [0.4, 0.5) is 5.69 Å². The summed E-state index contributed by atoms with van der Waals surface area (Å²) < 4.78 is 30.2. The number of carboxylic acids is 2. The fourth-order valence-corrected chi connectivity index (χ4v) is 6.27. The van der Waals surface area contributed by atoms with Gasteiger partial charge in [0.2, 0.25) is 0 Å². The number of anilines is 1. The first-order valence-electron chi connectivity index (χ1n) is 10.1. The Hall–Kier alpha value is -2.63. The van der Waals surface area contributed by atoms with Crippen LogP contribution in [-0.4, -0.2) is 61.9 Å². The highest BCUT2D eigenvalue weighted by Gasteiger charge is 2.31. The highest BCUT2D eigenvalue weighted by atomic mass is 32.2. The van der Waals surface area contributed by atoms with Crippen molar-refractivity contribution in [3.05, 3.63) is 34.7 Å². The number of hydrogen-bond donors (Lipinski definition) is 4. The number of thiophene rings is 1. The summed E-state index contributed by atoms with van der Waals surface area (Å²) in [6, 6.07) is 7.09. The largest absolute Gasteiger partial charge is 0.480 e. The predicted molar refractivity (Wildman–Crippen MR) is 122 cm³/mol. The zero-order valence-electron chi connectivity index (χ0n) is 17.8. The van der Waals surface area contributed by atoms with Gasteiger partial charge >= 0.3 is 11.9 Å². The number of hydrogen-bond acceptors (Lipinski definition) is 8. The third-order valence-corrected chi connectivity index (χ3v) is 8.07. The maximum Gasteiger partial charge on any atom is 0.349 e. The highest BCUT2D eigenvalue weighted by molar-refractivity contribution is 7.91. The molecule has 1 aromatic heterocycles. The van der Waals surface area contributed by atoms with Gasteiger partial charge in [0.05, 0.1) is 0 Å². The van der Waals surface area contributed by atoms with Crippen LogP contribution in [0.25, 0.3) is 10.4 Å². The van der Waals surface area contributed by atoms with Gasteiger partial charge < -0.3 is 25.6 Å². The van der Waals surface area contributed by atoms with Gasteiger partial charge in [-0.15, -0.1) is 11.3 Å². The van der Waals surface area contributed by atoms with Gasteiger partial charge in [-0.25, -0.2) is 18.0 Å². The van der Waals surface area contributed by atoms with E-state index >= 15 is 0 Å². The van der Waals surface area contributed by atoms with Crippen molar-refractivity contribution in [2.24, 2.45) is 5.92 Å². The van der Waals surface area contributed by atoms with Crippen LogP contribution in [0.1, 0.15) is 28.1 Å². The Kier molecular flexibility index (Phi) is 7.42. The molecular formula is C21H26N2O7S2. The minimum absolute atomic E-state index is 0.0204. The van der Waals surface area contributed by atoms with E-state index in [9.17, 15) is 23.1 Å². The average Bonchev–Trinajstić information content (AvgIpc) is 3.07. The fraction of sp³-hybridized carbons (Fsp3) is 0.429. The van der Waals surface area contributed by atoms with Crippen LogP contribution >= 0.6 is 11.3 Å². The molecule has 1 unspecified atom stereocenters. The van der Waals surface area contributed by atoms with Crippen LogP contribution in [0, 0.1) is 12.8 Å². The van der Waals surface area contributed by atoms with Gasteiger partial charge in [-0.05, 0) is 56.5 Å². The van der Waals surface area contributed by atoms with E-state index < -0.39 is 33.8 Å². The molecule has 11 heteroatoms. The number of carbonyl (C=O) groups is 2. The normalized spacial score (nSPS) is 15.8.